The van der Waals surface area contributed by atoms with Crippen LogP contribution in [0.25, 0.3) is 11.0 Å². The average molecular weight is 835 g/mol. The van der Waals surface area contributed by atoms with E-state index in [9.17, 15) is 35.6 Å². The summed E-state index contributed by atoms with van der Waals surface area (Å²) in [5.41, 5.74) is 0.321. The first kappa shape index (κ1) is 42.3. The fourth-order valence-electron chi connectivity index (χ4n) is 7.22. The van der Waals surface area contributed by atoms with E-state index in [1.807, 2.05) is 20.0 Å². The lowest BCUT2D eigenvalue weighted by molar-refractivity contribution is -0.146. The zero-order valence-electron chi connectivity index (χ0n) is 32.6. The lowest BCUT2D eigenvalue weighted by Gasteiger charge is -2.42. The molecule has 2 aliphatic rings. The number of nitrogens with zero attached hydrogens (tertiary/aromatic N) is 3. The van der Waals surface area contributed by atoms with Crippen molar-refractivity contribution in [3.63, 3.8) is 0 Å². The first-order valence-corrected chi connectivity index (χ1v) is 23.0. The molecule has 4 aromatic rings. The highest BCUT2D eigenvalue weighted by Gasteiger charge is 2.53. The number of fused-ring (bicyclic) bond motifs is 1. The van der Waals surface area contributed by atoms with E-state index in [-0.39, 0.29) is 64.0 Å². The molecule has 2 aromatic heterocycles. The third-order valence-corrected chi connectivity index (χ3v) is 17.8. The number of alkyl halides is 5. The summed E-state index contributed by atoms with van der Waals surface area (Å²) in [6, 6.07) is 14.7. The molecule has 1 saturated carbocycles. The van der Waals surface area contributed by atoms with E-state index in [1.54, 1.807) is 18.2 Å². The molecule has 1 saturated heterocycles. The van der Waals surface area contributed by atoms with Gasteiger partial charge in [-0.1, -0.05) is 50.6 Å². The molecule has 3 heterocycles. The number of carbonyl (C=O) groups excluding carboxylic acids is 2. The summed E-state index contributed by atoms with van der Waals surface area (Å²) in [5, 5.41) is 2.49. The van der Waals surface area contributed by atoms with Gasteiger partial charge in [0.2, 0.25) is 17.7 Å². The number of hydrogen-bond donors (Lipinski definition) is 1. The van der Waals surface area contributed by atoms with Crippen LogP contribution in [0, 0.1) is 6.92 Å². The van der Waals surface area contributed by atoms with E-state index >= 15 is 4.39 Å². The van der Waals surface area contributed by atoms with Gasteiger partial charge in [0.05, 0.1) is 40.2 Å². The summed E-state index contributed by atoms with van der Waals surface area (Å²) in [6.07, 6.45) is -3.91. The monoisotopic (exact) mass is 834 g/mol. The van der Waals surface area contributed by atoms with E-state index in [0.29, 0.717) is 5.69 Å². The van der Waals surface area contributed by atoms with E-state index in [4.69, 9.17) is 4.43 Å². The number of nitrogens with one attached hydrogen (secondary N) is 1. The Bertz CT molecular complexity index is 2230. The molecule has 2 amide bonds. The predicted molar refractivity (Wildman–Crippen MR) is 207 cm³/mol. The molecule has 308 valence electrons. The number of pyridine rings is 1. The molecule has 0 unspecified atom stereocenters. The van der Waals surface area contributed by atoms with Gasteiger partial charge in [-0.3, -0.25) is 9.59 Å². The smallest absolute Gasteiger partial charge is 0.387 e. The standard InChI is InChI=1S/C40H47F5N4O6SSi/c1-25-7-13-30(14-8-25)56(52,53)49-28(24-54-57(5,6)38(2,3)4)22-31-32(49)15-16-34(46-31)47-35(50)33-21-27(41)23-48(33)36(51)39(17-19-40(44,45)20-18-39)26-9-11-29(12-10-26)55-37(42)43/h7-16,22,27,33,37H,17-21,23-24H2,1-6H3,(H,46,47,50)/t27-,33-/m1/s1. The number of hydrogen-bond acceptors (Lipinski definition) is 7. The van der Waals surface area contributed by atoms with Crippen LogP contribution in [0.3, 0.4) is 0 Å². The van der Waals surface area contributed by atoms with Crippen molar-refractivity contribution in [2.45, 2.75) is 120 Å². The molecule has 0 radical (unpaired) electrons. The maximum Gasteiger partial charge on any atom is 0.387 e. The van der Waals surface area contributed by atoms with Crippen molar-refractivity contribution in [2.24, 2.45) is 0 Å². The molecule has 10 nitrogen and oxygen atoms in total. The van der Waals surface area contributed by atoms with Gasteiger partial charge in [-0.15, -0.1) is 0 Å². The van der Waals surface area contributed by atoms with Gasteiger partial charge >= 0.3 is 6.61 Å². The first-order chi connectivity index (χ1) is 26.5. The molecule has 2 aromatic carbocycles. The van der Waals surface area contributed by atoms with Gasteiger partial charge in [-0.25, -0.2) is 30.5 Å². The van der Waals surface area contributed by atoms with Crippen molar-refractivity contribution < 1.29 is 49.1 Å². The summed E-state index contributed by atoms with van der Waals surface area (Å²) in [7, 11) is -6.50. The molecule has 1 aliphatic carbocycles. The molecular weight excluding hydrogens is 788 g/mol. The topological polar surface area (TPSA) is 120 Å². The average Bonchev–Trinajstić information content (AvgIpc) is 3.71. The van der Waals surface area contributed by atoms with Crippen LogP contribution < -0.4 is 10.1 Å². The van der Waals surface area contributed by atoms with Crippen LogP contribution in [0.15, 0.2) is 71.6 Å². The number of halogens is 5. The number of benzene rings is 2. The second-order valence-electron chi connectivity index (χ2n) is 16.5. The van der Waals surface area contributed by atoms with Crippen LogP contribution in [-0.2, 0) is 36.1 Å². The summed E-state index contributed by atoms with van der Waals surface area (Å²) >= 11 is 0. The molecule has 1 N–H and O–H groups in total. The number of carbonyl (C=O) groups is 2. The highest BCUT2D eigenvalue weighted by atomic mass is 32.2. The Hall–Kier alpha value is -4.35. The summed E-state index contributed by atoms with van der Waals surface area (Å²) in [4.78, 5) is 34.0. The van der Waals surface area contributed by atoms with E-state index in [1.165, 1.54) is 52.5 Å². The number of anilines is 1. The Morgan fingerprint density at radius 3 is 2.21 bits per heavy atom. The number of rotatable bonds is 11. The third kappa shape index (κ3) is 8.60. The zero-order chi connectivity index (χ0) is 41.7. The van der Waals surface area contributed by atoms with Crippen LogP contribution in [0.1, 0.15) is 69.7 Å². The number of aryl methyl sites for hydroxylation is 1. The Labute approximate surface area is 329 Å². The zero-order valence-corrected chi connectivity index (χ0v) is 34.4. The number of amides is 2. The fraction of sp³-hybridized carbons (Fsp3) is 0.475. The van der Waals surface area contributed by atoms with Crippen LogP contribution in [0.2, 0.25) is 18.1 Å². The Kier molecular flexibility index (Phi) is 11.4. The molecule has 2 fully saturated rings. The maximum absolute atomic E-state index is 15.2. The Balaban J connectivity index is 1.31. The highest BCUT2D eigenvalue weighted by molar-refractivity contribution is 7.90. The second kappa shape index (κ2) is 15.4. The van der Waals surface area contributed by atoms with Crippen molar-refractivity contribution in [1.29, 1.82) is 0 Å². The Morgan fingerprint density at radius 2 is 1.61 bits per heavy atom. The molecule has 2 atom stereocenters. The van der Waals surface area contributed by atoms with Crippen molar-refractivity contribution >= 4 is 47.0 Å². The van der Waals surface area contributed by atoms with Crippen LogP contribution >= 0.6 is 0 Å². The lowest BCUT2D eigenvalue weighted by Crippen LogP contribution is -2.54. The van der Waals surface area contributed by atoms with Crippen molar-refractivity contribution in [1.82, 2.24) is 13.9 Å². The van der Waals surface area contributed by atoms with Gasteiger partial charge in [-0.2, -0.15) is 8.78 Å². The molecular formula is C40H47F5N4O6SSi. The minimum atomic E-state index is -4.15. The molecule has 0 bridgehead atoms. The van der Waals surface area contributed by atoms with E-state index in [0.717, 1.165) is 10.5 Å². The molecule has 57 heavy (non-hydrogen) atoms. The number of likely N-dealkylation sites (tertiary alicyclic amines) is 1. The van der Waals surface area contributed by atoms with Gasteiger partial charge in [0.15, 0.2) is 8.32 Å². The largest absolute Gasteiger partial charge is 0.435 e. The first-order valence-electron chi connectivity index (χ1n) is 18.7. The van der Waals surface area contributed by atoms with Crippen molar-refractivity contribution in [3.05, 3.63) is 83.6 Å². The predicted octanol–water partition coefficient (Wildman–Crippen LogP) is 8.73. The lowest BCUT2D eigenvalue weighted by atomic mass is 9.67. The minimum absolute atomic E-state index is 0.00518. The molecule has 1 aliphatic heterocycles. The van der Waals surface area contributed by atoms with Crippen LogP contribution in [0.5, 0.6) is 5.75 Å². The molecule has 17 heteroatoms. The van der Waals surface area contributed by atoms with Gasteiger partial charge in [0.1, 0.15) is 23.8 Å². The molecule has 6 rings (SSSR count). The maximum atomic E-state index is 15.2. The van der Waals surface area contributed by atoms with Crippen LogP contribution in [-0.4, -0.2) is 73.7 Å². The van der Waals surface area contributed by atoms with Gasteiger partial charge in [0, 0.05) is 19.3 Å². The SMILES string of the molecule is Cc1ccc(S(=O)(=O)n2c(CO[Si](C)(C)C(C)(C)C)cc3nc(NC(=O)[C@H]4C[C@@H](F)CN4C(=O)C4(c5ccc(OC(F)F)cc5)CCC(F)(F)CC4)ccc32)cc1. The van der Waals surface area contributed by atoms with Gasteiger partial charge < -0.3 is 19.4 Å². The number of ether oxygens (including phenoxy) is 1. The highest BCUT2D eigenvalue weighted by Crippen LogP contribution is 2.48. The fourth-order valence-corrected chi connectivity index (χ4v) is 9.68. The normalized spacial score (nSPS) is 19.9. The van der Waals surface area contributed by atoms with Crippen molar-refractivity contribution in [3.8, 4) is 5.75 Å². The van der Waals surface area contributed by atoms with Crippen LogP contribution in [0.4, 0.5) is 27.8 Å². The Morgan fingerprint density at radius 1 is 0.982 bits per heavy atom. The van der Waals surface area contributed by atoms with Gasteiger partial charge in [-0.05, 0) is 85.9 Å². The second-order valence-corrected chi connectivity index (χ2v) is 23.1. The molecule has 0 spiro atoms. The third-order valence-electron chi connectivity index (χ3n) is 11.6. The van der Waals surface area contributed by atoms with E-state index in [2.05, 4.69) is 35.8 Å². The summed E-state index contributed by atoms with van der Waals surface area (Å²) < 4.78 is 110. The van der Waals surface area contributed by atoms with E-state index < -0.39 is 79.7 Å². The summed E-state index contributed by atoms with van der Waals surface area (Å²) in [5.74, 6) is -4.74. The number of aromatic nitrogens is 2. The van der Waals surface area contributed by atoms with Crippen molar-refractivity contribution in [2.75, 3.05) is 11.9 Å². The summed E-state index contributed by atoms with van der Waals surface area (Å²) in [6.45, 7) is 8.54. The minimum Gasteiger partial charge on any atom is -0.435 e. The quantitative estimate of drug-likeness (QED) is 0.119. The van der Waals surface area contributed by atoms with Gasteiger partial charge in [0.25, 0.3) is 10.0 Å².